The van der Waals surface area contributed by atoms with E-state index in [2.05, 4.69) is 39.3 Å². The number of hydrogen-bond donors (Lipinski definition) is 1. The highest BCUT2D eigenvalue weighted by Crippen LogP contribution is 2.23. The SMILES string of the molecule is CCCCCSc1ccc(C=N/N=C2/NC(=O)/C(=C\C(=O)OC)S2)cc1. The third kappa shape index (κ3) is 6.68. The van der Waals surface area contributed by atoms with Crippen molar-refractivity contribution < 1.29 is 14.3 Å². The molecule has 0 aromatic heterocycles. The Hall–Kier alpha value is -2.06. The summed E-state index contributed by atoms with van der Waals surface area (Å²) in [7, 11) is 1.26. The molecule has 0 aliphatic carbocycles. The zero-order valence-corrected chi connectivity index (χ0v) is 16.4. The molecule has 26 heavy (non-hydrogen) atoms. The maximum absolute atomic E-state index is 11.7. The summed E-state index contributed by atoms with van der Waals surface area (Å²) in [5, 5.41) is 10.8. The Labute approximate surface area is 161 Å². The highest BCUT2D eigenvalue weighted by molar-refractivity contribution is 8.18. The van der Waals surface area contributed by atoms with Crippen molar-refractivity contribution in [2.75, 3.05) is 12.9 Å². The molecule has 1 amide bonds. The lowest BCUT2D eigenvalue weighted by Crippen LogP contribution is -2.19. The van der Waals surface area contributed by atoms with Crippen molar-refractivity contribution in [3.63, 3.8) is 0 Å². The number of amides is 1. The van der Waals surface area contributed by atoms with E-state index in [1.807, 2.05) is 23.9 Å². The van der Waals surface area contributed by atoms with Crippen LogP contribution in [0.2, 0.25) is 0 Å². The van der Waals surface area contributed by atoms with Gasteiger partial charge in [-0.15, -0.1) is 16.9 Å². The molecule has 2 rings (SSSR count). The first-order chi connectivity index (χ1) is 12.6. The number of unbranched alkanes of at least 4 members (excludes halogenated alkanes) is 2. The Morgan fingerprint density at radius 2 is 2.08 bits per heavy atom. The summed E-state index contributed by atoms with van der Waals surface area (Å²) < 4.78 is 4.50. The summed E-state index contributed by atoms with van der Waals surface area (Å²) in [5.74, 6) is 0.159. The second-order valence-electron chi connectivity index (χ2n) is 5.36. The summed E-state index contributed by atoms with van der Waals surface area (Å²) in [5.41, 5.74) is 0.923. The first kappa shape index (κ1) is 20.3. The second-order valence-corrected chi connectivity index (χ2v) is 7.56. The summed E-state index contributed by atoms with van der Waals surface area (Å²) in [6.45, 7) is 2.20. The van der Waals surface area contributed by atoms with E-state index in [0.29, 0.717) is 5.17 Å². The third-order valence-electron chi connectivity index (χ3n) is 3.35. The molecule has 1 fully saturated rings. The molecule has 0 spiro atoms. The average molecular weight is 392 g/mol. The van der Waals surface area contributed by atoms with Crippen LogP contribution in [-0.4, -0.2) is 36.1 Å². The molecule has 6 nitrogen and oxygen atoms in total. The van der Waals surface area contributed by atoms with Crippen molar-refractivity contribution in [3.05, 3.63) is 40.8 Å². The van der Waals surface area contributed by atoms with E-state index in [0.717, 1.165) is 29.2 Å². The zero-order valence-electron chi connectivity index (χ0n) is 14.7. The number of nitrogens with zero attached hydrogens (tertiary/aromatic N) is 2. The third-order valence-corrected chi connectivity index (χ3v) is 5.35. The summed E-state index contributed by atoms with van der Waals surface area (Å²) in [6, 6.07) is 8.09. The van der Waals surface area contributed by atoms with Crippen LogP contribution >= 0.6 is 23.5 Å². The predicted molar refractivity (Wildman–Crippen MR) is 108 cm³/mol. The molecular formula is C18H21N3O3S2. The van der Waals surface area contributed by atoms with Crippen LogP contribution in [0.1, 0.15) is 31.7 Å². The fourth-order valence-electron chi connectivity index (χ4n) is 1.98. The summed E-state index contributed by atoms with van der Waals surface area (Å²) in [4.78, 5) is 24.3. The zero-order chi connectivity index (χ0) is 18.8. The Balaban J connectivity index is 1.88. The molecule has 1 saturated heterocycles. The number of amidine groups is 1. The van der Waals surface area contributed by atoms with Crippen LogP contribution in [0, 0.1) is 0 Å². The molecule has 8 heteroatoms. The largest absolute Gasteiger partial charge is 0.466 e. The van der Waals surface area contributed by atoms with Gasteiger partial charge in [0, 0.05) is 11.0 Å². The van der Waals surface area contributed by atoms with Crippen LogP contribution < -0.4 is 5.32 Å². The number of nitrogens with one attached hydrogen (secondary N) is 1. The Morgan fingerprint density at radius 1 is 1.31 bits per heavy atom. The first-order valence-electron chi connectivity index (χ1n) is 8.25. The van der Waals surface area contributed by atoms with Gasteiger partial charge in [0.25, 0.3) is 5.91 Å². The Kier molecular flexibility index (Phi) is 8.43. The topological polar surface area (TPSA) is 80.1 Å². The fraction of sp³-hybridized carbons (Fsp3) is 0.333. The van der Waals surface area contributed by atoms with E-state index >= 15 is 0 Å². The van der Waals surface area contributed by atoms with Crippen LogP contribution in [0.4, 0.5) is 0 Å². The average Bonchev–Trinajstić information content (AvgIpc) is 2.99. The Bertz CT molecular complexity index is 728. The lowest BCUT2D eigenvalue weighted by molar-refractivity contribution is -0.135. The maximum atomic E-state index is 11.7. The van der Waals surface area contributed by atoms with E-state index < -0.39 is 5.97 Å². The minimum Gasteiger partial charge on any atom is -0.466 e. The lowest BCUT2D eigenvalue weighted by Gasteiger charge is -2.01. The lowest BCUT2D eigenvalue weighted by atomic mass is 10.2. The van der Waals surface area contributed by atoms with Gasteiger partial charge in [-0.2, -0.15) is 5.10 Å². The molecule has 0 unspecified atom stereocenters. The van der Waals surface area contributed by atoms with Gasteiger partial charge in [-0.25, -0.2) is 4.79 Å². The van der Waals surface area contributed by atoms with Gasteiger partial charge in [-0.3, -0.25) is 10.1 Å². The van der Waals surface area contributed by atoms with E-state index in [1.165, 1.54) is 31.3 Å². The van der Waals surface area contributed by atoms with Crippen molar-refractivity contribution in [1.29, 1.82) is 0 Å². The van der Waals surface area contributed by atoms with Gasteiger partial charge in [-0.05, 0) is 41.6 Å². The van der Waals surface area contributed by atoms with Crippen LogP contribution in [0.15, 0.2) is 50.3 Å². The molecule has 1 aliphatic rings. The smallest absolute Gasteiger partial charge is 0.331 e. The number of rotatable bonds is 8. The van der Waals surface area contributed by atoms with E-state index in [1.54, 1.807) is 6.21 Å². The van der Waals surface area contributed by atoms with Crippen molar-refractivity contribution >= 4 is 46.8 Å². The molecule has 138 valence electrons. The van der Waals surface area contributed by atoms with Crippen LogP contribution in [0.5, 0.6) is 0 Å². The summed E-state index contributed by atoms with van der Waals surface area (Å²) >= 11 is 2.90. The Morgan fingerprint density at radius 3 is 2.77 bits per heavy atom. The van der Waals surface area contributed by atoms with Gasteiger partial charge >= 0.3 is 5.97 Å². The minimum atomic E-state index is -0.583. The first-order valence-corrected chi connectivity index (χ1v) is 10.1. The highest BCUT2D eigenvalue weighted by atomic mass is 32.2. The standard InChI is InChI=1S/C18H21N3O3S2/c1-3-4-5-10-25-14-8-6-13(7-9-14)12-19-21-18-20-17(23)15(26-18)11-16(22)24-2/h6-9,11-12H,3-5,10H2,1-2H3,(H,20,21,23)/b15-11+,19-12?. The number of methoxy groups -OCH3 is 1. The number of ether oxygens (including phenoxy) is 1. The summed E-state index contributed by atoms with van der Waals surface area (Å²) in [6.07, 6.45) is 6.48. The van der Waals surface area contributed by atoms with E-state index in [4.69, 9.17) is 0 Å². The maximum Gasteiger partial charge on any atom is 0.331 e. The number of carbonyl (C=O) groups excluding carboxylic acids is 2. The molecule has 0 saturated carbocycles. The van der Waals surface area contributed by atoms with Gasteiger partial charge < -0.3 is 4.74 Å². The molecule has 1 heterocycles. The molecule has 0 bridgehead atoms. The number of thioether (sulfide) groups is 2. The number of hydrogen-bond acceptors (Lipinski definition) is 7. The van der Waals surface area contributed by atoms with Crippen molar-refractivity contribution in [3.8, 4) is 0 Å². The minimum absolute atomic E-state index is 0.232. The number of esters is 1. The highest BCUT2D eigenvalue weighted by Gasteiger charge is 2.24. The number of benzene rings is 1. The van der Waals surface area contributed by atoms with Gasteiger partial charge in [0.15, 0.2) is 5.17 Å². The number of carbonyl (C=O) groups is 2. The molecule has 1 N–H and O–H groups in total. The van der Waals surface area contributed by atoms with Crippen LogP contribution in [-0.2, 0) is 14.3 Å². The van der Waals surface area contributed by atoms with Gasteiger partial charge in [-0.1, -0.05) is 31.9 Å². The van der Waals surface area contributed by atoms with Gasteiger partial charge in [0.1, 0.15) is 0 Å². The van der Waals surface area contributed by atoms with Gasteiger partial charge in [0.05, 0.1) is 18.2 Å². The molecule has 1 aromatic carbocycles. The quantitative estimate of drug-likeness (QED) is 0.183. The van der Waals surface area contributed by atoms with Crippen molar-refractivity contribution in [2.24, 2.45) is 10.2 Å². The molecule has 1 aromatic rings. The van der Waals surface area contributed by atoms with Crippen molar-refractivity contribution in [2.45, 2.75) is 31.1 Å². The van der Waals surface area contributed by atoms with Crippen molar-refractivity contribution in [1.82, 2.24) is 5.32 Å². The molecule has 0 atom stereocenters. The fourth-order valence-corrected chi connectivity index (χ4v) is 3.63. The van der Waals surface area contributed by atoms with Crippen LogP contribution in [0.3, 0.4) is 0 Å². The van der Waals surface area contributed by atoms with E-state index in [9.17, 15) is 9.59 Å². The molecule has 1 aliphatic heterocycles. The normalized spacial score (nSPS) is 17.2. The van der Waals surface area contributed by atoms with Gasteiger partial charge in [0.2, 0.25) is 0 Å². The van der Waals surface area contributed by atoms with Crippen LogP contribution in [0.25, 0.3) is 0 Å². The van der Waals surface area contributed by atoms with E-state index in [-0.39, 0.29) is 10.8 Å². The monoisotopic (exact) mass is 391 g/mol. The molecular weight excluding hydrogens is 370 g/mol. The second kappa shape index (κ2) is 10.8. The molecule has 0 radical (unpaired) electrons. The predicted octanol–water partition coefficient (Wildman–Crippen LogP) is 3.58.